The van der Waals surface area contributed by atoms with E-state index in [4.69, 9.17) is 5.11 Å². The van der Waals surface area contributed by atoms with E-state index in [0.717, 1.165) is 38.5 Å². The fourth-order valence-electron chi connectivity index (χ4n) is 3.80. The number of rotatable bonds is 13. The molecule has 0 radical (unpaired) electrons. The molecule has 1 aromatic carbocycles. The third-order valence-corrected chi connectivity index (χ3v) is 5.76. The second-order valence-electron chi connectivity index (χ2n) is 8.13. The van der Waals surface area contributed by atoms with Gasteiger partial charge in [-0.1, -0.05) is 62.2 Å². The number of benzene rings is 1. The summed E-state index contributed by atoms with van der Waals surface area (Å²) in [6, 6.07) is 10.4. The Morgan fingerprint density at radius 1 is 1.21 bits per heavy atom. The van der Waals surface area contributed by atoms with Crippen LogP contribution in [-0.4, -0.2) is 45.7 Å². The number of likely N-dealkylation sites (tertiary alicyclic amines) is 1. The lowest BCUT2D eigenvalue weighted by Crippen LogP contribution is -2.33. The average molecular weight is 402 g/mol. The molecule has 2 rings (SSSR count). The standard InChI is InChI=1S/C24H35NO4/c1-19(12-13-20-9-5-4-6-10-20)22(26)16-14-21-15-17-23(27)25(21)18-8-3-2-7-11-24(28)29/h4-6,9-10,14,16,19,21-22,26H,2-3,7-8,11-13,15,17-18H2,1H3,(H,28,29)/b16-14+/t19-,21-,22+/m0/s1. The van der Waals surface area contributed by atoms with Crippen LogP contribution < -0.4 is 0 Å². The minimum atomic E-state index is -0.749. The van der Waals surface area contributed by atoms with Crippen LogP contribution in [0.15, 0.2) is 42.5 Å². The molecule has 3 atom stereocenters. The van der Waals surface area contributed by atoms with Crippen LogP contribution in [0.5, 0.6) is 0 Å². The molecule has 5 heteroatoms. The van der Waals surface area contributed by atoms with E-state index in [1.54, 1.807) is 0 Å². The highest BCUT2D eigenvalue weighted by Crippen LogP contribution is 2.22. The monoisotopic (exact) mass is 401 g/mol. The van der Waals surface area contributed by atoms with E-state index in [-0.39, 0.29) is 24.3 Å². The highest BCUT2D eigenvalue weighted by atomic mass is 16.4. The van der Waals surface area contributed by atoms with Crippen molar-refractivity contribution >= 4 is 11.9 Å². The summed E-state index contributed by atoms with van der Waals surface area (Å²) in [6.07, 6.45) is 10.2. The zero-order valence-electron chi connectivity index (χ0n) is 17.5. The van der Waals surface area contributed by atoms with E-state index >= 15 is 0 Å². The number of carbonyl (C=O) groups is 2. The van der Waals surface area contributed by atoms with E-state index in [1.807, 2.05) is 35.3 Å². The Labute approximate surface area is 174 Å². The molecular weight excluding hydrogens is 366 g/mol. The Morgan fingerprint density at radius 3 is 2.66 bits per heavy atom. The molecule has 0 aromatic heterocycles. The molecule has 2 N–H and O–H groups in total. The van der Waals surface area contributed by atoms with Crippen molar-refractivity contribution in [2.75, 3.05) is 6.54 Å². The first kappa shape index (κ1) is 23.1. The van der Waals surface area contributed by atoms with Gasteiger partial charge in [0.1, 0.15) is 0 Å². The summed E-state index contributed by atoms with van der Waals surface area (Å²) in [5, 5.41) is 19.2. The third-order valence-electron chi connectivity index (χ3n) is 5.76. The quantitative estimate of drug-likeness (QED) is 0.384. The second kappa shape index (κ2) is 12.4. The Hall–Kier alpha value is -2.14. The number of carboxylic acids is 1. The molecule has 1 aromatic rings. The number of aryl methyl sites for hydroxylation is 1. The molecule has 1 saturated heterocycles. The van der Waals surface area contributed by atoms with E-state index in [0.29, 0.717) is 19.4 Å². The summed E-state index contributed by atoms with van der Waals surface area (Å²) >= 11 is 0. The van der Waals surface area contributed by atoms with Crippen molar-refractivity contribution in [3.63, 3.8) is 0 Å². The zero-order valence-corrected chi connectivity index (χ0v) is 17.5. The van der Waals surface area contributed by atoms with Gasteiger partial charge in [0.15, 0.2) is 0 Å². The second-order valence-corrected chi connectivity index (χ2v) is 8.13. The van der Waals surface area contributed by atoms with Gasteiger partial charge in [-0.3, -0.25) is 9.59 Å². The topological polar surface area (TPSA) is 77.8 Å². The minimum Gasteiger partial charge on any atom is -0.481 e. The van der Waals surface area contributed by atoms with Gasteiger partial charge in [-0.25, -0.2) is 0 Å². The summed E-state index contributed by atoms with van der Waals surface area (Å²) in [5.41, 5.74) is 1.28. The summed E-state index contributed by atoms with van der Waals surface area (Å²) < 4.78 is 0. The third kappa shape index (κ3) is 8.40. The number of unbranched alkanes of at least 4 members (excludes halogenated alkanes) is 3. The van der Waals surface area contributed by atoms with Gasteiger partial charge in [-0.2, -0.15) is 0 Å². The first-order chi connectivity index (χ1) is 14.0. The average Bonchev–Trinajstić information content (AvgIpc) is 3.07. The van der Waals surface area contributed by atoms with Crippen molar-refractivity contribution in [2.24, 2.45) is 5.92 Å². The van der Waals surface area contributed by atoms with Gasteiger partial charge < -0.3 is 15.1 Å². The number of aliphatic hydroxyl groups excluding tert-OH is 1. The molecule has 0 unspecified atom stereocenters. The van der Waals surface area contributed by atoms with E-state index in [2.05, 4.69) is 19.1 Å². The molecule has 0 bridgehead atoms. The molecule has 1 fully saturated rings. The SMILES string of the molecule is C[C@@H](CCc1ccccc1)[C@H](O)/C=C/[C@H]1CCC(=O)N1CCCCCCC(=O)O. The number of carboxylic acid groups (broad SMARTS) is 1. The molecule has 160 valence electrons. The summed E-state index contributed by atoms with van der Waals surface area (Å²) in [7, 11) is 0. The predicted octanol–water partition coefficient (Wildman–Crippen LogP) is 4.20. The van der Waals surface area contributed by atoms with Crippen LogP contribution in [0.2, 0.25) is 0 Å². The summed E-state index contributed by atoms with van der Waals surface area (Å²) in [6.45, 7) is 2.77. The molecule has 0 aliphatic carbocycles. The highest BCUT2D eigenvalue weighted by molar-refractivity contribution is 5.79. The maximum absolute atomic E-state index is 12.2. The Bertz CT molecular complexity index is 658. The van der Waals surface area contributed by atoms with Crippen molar-refractivity contribution in [3.05, 3.63) is 48.0 Å². The molecule has 1 heterocycles. The number of aliphatic carboxylic acids is 1. The van der Waals surface area contributed by atoms with Crippen LogP contribution in [0.1, 0.15) is 63.9 Å². The van der Waals surface area contributed by atoms with Gasteiger partial charge in [0, 0.05) is 19.4 Å². The van der Waals surface area contributed by atoms with Crippen LogP contribution in [0, 0.1) is 5.92 Å². The molecule has 29 heavy (non-hydrogen) atoms. The molecule has 1 aliphatic heterocycles. The van der Waals surface area contributed by atoms with Gasteiger partial charge in [0.05, 0.1) is 12.1 Å². The highest BCUT2D eigenvalue weighted by Gasteiger charge is 2.28. The van der Waals surface area contributed by atoms with Gasteiger partial charge in [-0.15, -0.1) is 0 Å². The van der Waals surface area contributed by atoms with E-state index in [1.165, 1.54) is 5.56 Å². The zero-order chi connectivity index (χ0) is 21.1. The smallest absolute Gasteiger partial charge is 0.303 e. The number of nitrogens with zero attached hydrogens (tertiary/aromatic N) is 1. The number of amides is 1. The van der Waals surface area contributed by atoms with Crippen molar-refractivity contribution < 1.29 is 19.8 Å². The van der Waals surface area contributed by atoms with E-state index < -0.39 is 12.1 Å². The van der Waals surface area contributed by atoms with Gasteiger partial charge in [0.2, 0.25) is 5.91 Å². The maximum Gasteiger partial charge on any atom is 0.303 e. The number of aliphatic hydroxyl groups is 1. The Morgan fingerprint density at radius 2 is 1.93 bits per heavy atom. The Kier molecular flexibility index (Phi) is 9.92. The lowest BCUT2D eigenvalue weighted by molar-refractivity contribution is -0.137. The largest absolute Gasteiger partial charge is 0.481 e. The normalized spacial score (nSPS) is 19.0. The van der Waals surface area contributed by atoms with Crippen molar-refractivity contribution in [1.82, 2.24) is 4.90 Å². The van der Waals surface area contributed by atoms with Crippen LogP contribution >= 0.6 is 0 Å². The Balaban J connectivity index is 1.73. The maximum atomic E-state index is 12.2. The van der Waals surface area contributed by atoms with Gasteiger partial charge in [-0.05, 0) is 43.6 Å². The molecule has 1 amide bonds. The summed E-state index contributed by atoms with van der Waals surface area (Å²) in [5.74, 6) is -0.412. The fraction of sp³-hybridized carbons (Fsp3) is 0.583. The number of hydrogen-bond donors (Lipinski definition) is 2. The van der Waals surface area contributed by atoms with Crippen LogP contribution in [0.3, 0.4) is 0 Å². The first-order valence-corrected chi connectivity index (χ1v) is 10.9. The van der Waals surface area contributed by atoms with Crippen molar-refractivity contribution in [3.8, 4) is 0 Å². The van der Waals surface area contributed by atoms with Crippen molar-refractivity contribution in [2.45, 2.75) is 76.9 Å². The first-order valence-electron chi connectivity index (χ1n) is 10.9. The van der Waals surface area contributed by atoms with E-state index in [9.17, 15) is 14.7 Å². The number of carbonyl (C=O) groups excluding carboxylic acids is 1. The fourth-order valence-corrected chi connectivity index (χ4v) is 3.80. The van der Waals surface area contributed by atoms with Crippen molar-refractivity contribution in [1.29, 1.82) is 0 Å². The lowest BCUT2D eigenvalue weighted by atomic mass is 9.95. The predicted molar refractivity (Wildman–Crippen MR) is 115 cm³/mol. The van der Waals surface area contributed by atoms with Crippen LogP contribution in [0.4, 0.5) is 0 Å². The molecule has 0 saturated carbocycles. The van der Waals surface area contributed by atoms with Crippen LogP contribution in [0.25, 0.3) is 0 Å². The van der Waals surface area contributed by atoms with Gasteiger partial charge >= 0.3 is 5.97 Å². The lowest BCUT2D eigenvalue weighted by Gasteiger charge is -2.23. The number of hydrogen-bond acceptors (Lipinski definition) is 3. The molecule has 1 aliphatic rings. The molecule has 0 spiro atoms. The van der Waals surface area contributed by atoms with Crippen LogP contribution in [-0.2, 0) is 16.0 Å². The summed E-state index contributed by atoms with van der Waals surface area (Å²) in [4.78, 5) is 24.6. The minimum absolute atomic E-state index is 0.0671. The molecular formula is C24H35NO4. The molecule has 5 nitrogen and oxygen atoms in total. The van der Waals surface area contributed by atoms with Gasteiger partial charge in [0.25, 0.3) is 0 Å².